The summed E-state index contributed by atoms with van der Waals surface area (Å²) in [6, 6.07) is 0.546. The maximum atomic E-state index is 12.9. The first-order valence-corrected chi connectivity index (χ1v) is 8.21. The summed E-state index contributed by atoms with van der Waals surface area (Å²) < 4.78 is 0. The van der Waals surface area contributed by atoms with Crippen molar-refractivity contribution in [2.24, 2.45) is 11.8 Å². The highest BCUT2D eigenvalue weighted by Gasteiger charge is 2.54. The SMILES string of the molecule is CCCC1NC(C)(CC)C(=O)N1C(C1CC1)C1CC1. The Hall–Kier alpha value is -0.570. The second kappa shape index (κ2) is 4.76. The highest BCUT2D eigenvalue weighted by molar-refractivity contribution is 5.88. The van der Waals surface area contributed by atoms with Gasteiger partial charge in [0.2, 0.25) is 5.91 Å². The van der Waals surface area contributed by atoms with E-state index in [1.54, 1.807) is 0 Å². The molecule has 0 radical (unpaired) electrons. The highest BCUT2D eigenvalue weighted by Crippen LogP contribution is 2.49. The van der Waals surface area contributed by atoms with E-state index in [9.17, 15) is 4.79 Å². The van der Waals surface area contributed by atoms with E-state index in [0.717, 1.165) is 31.1 Å². The first kappa shape index (κ1) is 13.4. The van der Waals surface area contributed by atoms with Crippen LogP contribution in [0.25, 0.3) is 0 Å². The summed E-state index contributed by atoms with van der Waals surface area (Å²) in [5, 5.41) is 3.64. The Kier molecular flexibility index (Phi) is 3.36. The van der Waals surface area contributed by atoms with Gasteiger partial charge in [-0.15, -0.1) is 0 Å². The van der Waals surface area contributed by atoms with E-state index in [4.69, 9.17) is 0 Å². The molecule has 0 spiro atoms. The zero-order chi connectivity index (χ0) is 13.6. The van der Waals surface area contributed by atoms with Crippen molar-refractivity contribution in [2.75, 3.05) is 0 Å². The molecule has 108 valence electrons. The number of nitrogens with zero attached hydrogens (tertiary/aromatic N) is 1. The second-order valence-electron chi connectivity index (χ2n) is 7.01. The lowest BCUT2D eigenvalue weighted by molar-refractivity contribution is -0.136. The van der Waals surface area contributed by atoms with Crippen LogP contribution in [0.4, 0.5) is 0 Å². The average Bonchev–Trinajstić information content (AvgIpc) is 3.27. The standard InChI is InChI=1S/C16H28N2O/c1-4-6-13-17-16(3,5-2)15(19)18(13)14(11-7-8-11)12-9-10-12/h11-14,17H,4-10H2,1-3H3. The molecular weight excluding hydrogens is 236 g/mol. The molecule has 3 rings (SSSR count). The van der Waals surface area contributed by atoms with Crippen LogP contribution in [-0.4, -0.2) is 28.6 Å². The van der Waals surface area contributed by atoms with Crippen molar-refractivity contribution in [3.05, 3.63) is 0 Å². The van der Waals surface area contributed by atoms with Crippen LogP contribution in [0.3, 0.4) is 0 Å². The first-order valence-electron chi connectivity index (χ1n) is 8.21. The highest BCUT2D eigenvalue weighted by atomic mass is 16.2. The van der Waals surface area contributed by atoms with Gasteiger partial charge in [0.05, 0.1) is 11.7 Å². The molecule has 0 aromatic rings. The average molecular weight is 264 g/mol. The van der Waals surface area contributed by atoms with E-state index in [1.165, 1.54) is 25.7 Å². The van der Waals surface area contributed by atoms with E-state index in [2.05, 4.69) is 31.0 Å². The normalized spacial score (nSPS) is 35.5. The third kappa shape index (κ3) is 2.31. The maximum absolute atomic E-state index is 12.9. The van der Waals surface area contributed by atoms with Gasteiger partial charge in [0.15, 0.2) is 0 Å². The Morgan fingerprint density at radius 3 is 2.26 bits per heavy atom. The third-order valence-electron chi connectivity index (χ3n) is 5.33. The predicted molar refractivity (Wildman–Crippen MR) is 76.6 cm³/mol. The van der Waals surface area contributed by atoms with Gasteiger partial charge in [-0.1, -0.05) is 20.3 Å². The van der Waals surface area contributed by atoms with E-state index in [1.807, 2.05) is 0 Å². The number of nitrogens with one attached hydrogen (secondary N) is 1. The van der Waals surface area contributed by atoms with E-state index in [-0.39, 0.29) is 11.7 Å². The summed E-state index contributed by atoms with van der Waals surface area (Å²) in [7, 11) is 0. The maximum Gasteiger partial charge on any atom is 0.244 e. The second-order valence-corrected chi connectivity index (χ2v) is 7.01. The van der Waals surface area contributed by atoms with Gasteiger partial charge in [-0.05, 0) is 57.3 Å². The summed E-state index contributed by atoms with van der Waals surface area (Å²) in [5.74, 6) is 1.98. The number of amides is 1. The number of rotatable bonds is 6. The fraction of sp³-hybridized carbons (Fsp3) is 0.938. The van der Waals surface area contributed by atoms with Crippen molar-refractivity contribution in [3.63, 3.8) is 0 Å². The summed E-state index contributed by atoms with van der Waals surface area (Å²) in [6.07, 6.45) is 8.78. The molecule has 2 aliphatic carbocycles. The molecule has 0 bridgehead atoms. The van der Waals surface area contributed by atoms with Crippen LogP contribution < -0.4 is 5.32 Å². The van der Waals surface area contributed by atoms with Crippen LogP contribution in [-0.2, 0) is 4.79 Å². The number of hydrogen-bond acceptors (Lipinski definition) is 2. The minimum absolute atomic E-state index is 0.286. The lowest BCUT2D eigenvalue weighted by Gasteiger charge is -2.33. The molecule has 3 heteroatoms. The molecule has 3 aliphatic rings. The number of carbonyl (C=O) groups excluding carboxylic acids is 1. The van der Waals surface area contributed by atoms with Gasteiger partial charge in [-0.3, -0.25) is 10.1 Å². The van der Waals surface area contributed by atoms with Crippen LogP contribution >= 0.6 is 0 Å². The van der Waals surface area contributed by atoms with Crippen molar-refractivity contribution in [2.45, 2.75) is 83.5 Å². The molecule has 3 nitrogen and oxygen atoms in total. The van der Waals surface area contributed by atoms with Gasteiger partial charge in [0, 0.05) is 6.04 Å². The largest absolute Gasteiger partial charge is 0.322 e. The van der Waals surface area contributed by atoms with Crippen molar-refractivity contribution >= 4 is 5.91 Å². The predicted octanol–water partition coefficient (Wildman–Crippen LogP) is 2.90. The molecule has 0 aromatic carbocycles. The zero-order valence-corrected chi connectivity index (χ0v) is 12.6. The summed E-state index contributed by atoms with van der Waals surface area (Å²) in [6.45, 7) is 6.44. The van der Waals surface area contributed by atoms with Crippen molar-refractivity contribution < 1.29 is 4.79 Å². The van der Waals surface area contributed by atoms with Gasteiger partial charge in [-0.25, -0.2) is 0 Å². The van der Waals surface area contributed by atoms with Crippen LogP contribution in [0.15, 0.2) is 0 Å². The lowest BCUT2D eigenvalue weighted by Crippen LogP contribution is -2.47. The van der Waals surface area contributed by atoms with E-state index >= 15 is 0 Å². The number of hydrogen-bond donors (Lipinski definition) is 1. The Morgan fingerprint density at radius 1 is 1.26 bits per heavy atom. The molecule has 1 aliphatic heterocycles. The molecular formula is C16H28N2O. The van der Waals surface area contributed by atoms with Crippen molar-refractivity contribution in [1.82, 2.24) is 10.2 Å². The quantitative estimate of drug-likeness (QED) is 0.800. The molecule has 1 saturated heterocycles. The zero-order valence-electron chi connectivity index (χ0n) is 12.6. The summed E-state index contributed by atoms with van der Waals surface area (Å²) in [4.78, 5) is 15.2. The fourth-order valence-electron chi connectivity index (χ4n) is 3.72. The van der Waals surface area contributed by atoms with Gasteiger partial charge in [-0.2, -0.15) is 0 Å². The molecule has 1 N–H and O–H groups in total. The third-order valence-corrected chi connectivity index (χ3v) is 5.33. The fourth-order valence-corrected chi connectivity index (χ4v) is 3.72. The minimum atomic E-state index is -0.318. The van der Waals surface area contributed by atoms with Crippen LogP contribution in [0.1, 0.15) is 65.7 Å². The van der Waals surface area contributed by atoms with Crippen molar-refractivity contribution in [3.8, 4) is 0 Å². The number of carbonyl (C=O) groups is 1. The van der Waals surface area contributed by atoms with Crippen LogP contribution in [0.2, 0.25) is 0 Å². The van der Waals surface area contributed by atoms with Gasteiger partial charge in [0.1, 0.15) is 0 Å². The molecule has 0 aromatic heterocycles. The minimum Gasteiger partial charge on any atom is -0.322 e. The molecule has 2 saturated carbocycles. The van der Waals surface area contributed by atoms with E-state index in [0.29, 0.717) is 11.9 Å². The molecule has 2 atom stereocenters. The smallest absolute Gasteiger partial charge is 0.244 e. The topological polar surface area (TPSA) is 32.3 Å². The van der Waals surface area contributed by atoms with Crippen molar-refractivity contribution in [1.29, 1.82) is 0 Å². The Labute approximate surface area is 117 Å². The van der Waals surface area contributed by atoms with Gasteiger partial charge < -0.3 is 4.90 Å². The lowest BCUT2D eigenvalue weighted by atomic mass is 9.97. The molecule has 19 heavy (non-hydrogen) atoms. The molecule has 3 fully saturated rings. The first-order chi connectivity index (χ1) is 9.10. The van der Waals surface area contributed by atoms with Gasteiger partial charge in [0.25, 0.3) is 0 Å². The van der Waals surface area contributed by atoms with Crippen LogP contribution in [0.5, 0.6) is 0 Å². The van der Waals surface area contributed by atoms with Gasteiger partial charge >= 0.3 is 0 Å². The summed E-state index contributed by atoms with van der Waals surface area (Å²) in [5.41, 5.74) is -0.318. The molecule has 1 heterocycles. The monoisotopic (exact) mass is 264 g/mol. The Morgan fingerprint density at radius 2 is 1.84 bits per heavy atom. The Bertz CT molecular complexity index is 350. The Balaban J connectivity index is 1.84. The molecule has 1 amide bonds. The summed E-state index contributed by atoms with van der Waals surface area (Å²) >= 11 is 0. The molecule has 2 unspecified atom stereocenters. The van der Waals surface area contributed by atoms with Crippen LogP contribution in [0, 0.1) is 11.8 Å². The van der Waals surface area contributed by atoms with E-state index < -0.39 is 0 Å².